The van der Waals surface area contributed by atoms with Crippen molar-refractivity contribution >= 4 is 12.0 Å². The van der Waals surface area contributed by atoms with Gasteiger partial charge in [0.05, 0.1) is 6.33 Å². The average Bonchev–Trinajstić information content (AvgIpc) is 2.79. The number of nitrogens with one attached hydrogen (secondary N) is 3. The van der Waals surface area contributed by atoms with Crippen molar-refractivity contribution in [3.8, 4) is 0 Å². The molecule has 1 heterocycles. The first kappa shape index (κ1) is 16.0. The molecule has 1 aromatic rings. The number of carbonyl (C=O) groups excluding carboxylic acids is 1. The first-order valence-electron chi connectivity index (χ1n) is 6.30. The number of urea groups is 1. The summed E-state index contributed by atoms with van der Waals surface area (Å²) in [5, 5.41) is 14.3. The van der Waals surface area contributed by atoms with Crippen molar-refractivity contribution in [2.75, 3.05) is 20.6 Å². The summed E-state index contributed by atoms with van der Waals surface area (Å²) in [6.07, 6.45) is 3.16. The molecular weight excluding hydrogens is 262 g/mol. The van der Waals surface area contributed by atoms with Gasteiger partial charge in [-0.15, -0.1) is 0 Å². The molecule has 20 heavy (non-hydrogen) atoms. The fourth-order valence-corrected chi connectivity index (χ4v) is 1.83. The van der Waals surface area contributed by atoms with Gasteiger partial charge in [-0.3, -0.25) is 0 Å². The number of nitrogens with zero attached hydrogens (tertiary/aromatic N) is 2. The van der Waals surface area contributed by atoms with E-state index >= 15 is 0 Å². The maximum absolute atomic E-state index is 11.7. The van der Waals surface area contributed by atoms with Crippen LogP contribution in [0.2, 0.25) is 0 Å². The first-order chi connectivity index (χ1) is 9.38. The summed E-state index contributed by atoms with van der Waals surface area (Å²) in [6.45, 7) is 2.52. The van der Waals surface area contributed by atoms with Crippen molar-refractivity contribution in [1.82, 2.24) is 25.5 Å². The number of hydrogen-bond donors (Lipinski definition) is 4. The van der Waals surface area contributed by atoms with E-state index in [1.54, 1.807) is 0 Å². The topological polar surface area (TPSA) is 110 Å². The fourth-order valence-electron chi connectivity index (χ4n) is 1.83. The van der Waals surface area contributed by atoms with E-state index in [9.17, 15) is 9.59 Å². The molecule has 0 radical (unpaired) electrons. The van der Waals surface area contributed by atoms with E-state index in [0.29, 0.717) is 12.2 Å². The minimum Gasteiger partial charge on any atom is -0.480 e. The number of aliphatic carboxylic acids is 1. The highest BCUT2D eigenvalue weighted by molar-refractivity contribution is 5.82. The highest BCUT2D eigenvalue weighted by Crippen LogP contribution is 1.99. The van der Waals surface area contributed by atoms with Gasteiger partial charge in [-0.05, 0) is 21.0 Å². The standard InChI is InChI=1S/C12H21N5O3/c1-8(6-17(2)3)15-12(20)16-10(11(18)19)4-9-5-13-7-14-9/h5,7-8,10H,4,6H2,1-3H3,(H,13,14)(H,18,19)(H2,15,16,20)/t8?,10-/m1/s1. The van der Waals surface area contributed by atoms with Crippen LogP contribution in [0, 0.1) is 0 Å². The van der Waals surface area contributed by atoms with Crippen LogP contribution >= 0.6 is 0 Å². The molecular formula is C12H21N5O3. The molecule has 112 valence electrons. The Morgan fingerprint density at radius 2 is 2.15 bits per heavy atom. The molecule has 0 aromatic carbocycles. The number of H-pyrrole nitrogens is 1. The number of imidazole rings is 1. The predicted octanol–water partition coefficient (Wildman–Crippen LogP) is -0.345. The summed E-state index contributed by atoms with van der Waals surface area (Å²) in [4.78, 5) is 31.4. The smallest absolute Gasteiger partial charge is 0.326 e. The van der Waals surface area contributed by atoms with Crippen LogP contribution in [0.4, 0.5) is 4.79 Å². The SMILES string of the molecule is CC(CN(C)C)NC(=O)N[C@H](Cc1cnc[nH]1)C(=O)O. The first-order valence-corrected chi connectivity index (χ1v) is 6.30. The maximum Gasteiger partial charge on any atom is 0.326 e. The van der Waals surface area contributed by atoms with Crippen LogP contribution < -0.4 is 10.6 Å². The Bertz CT molecular complexity index is 432. The summed E-state index contributed by atoms with van der Waals surface area (Å²) >= 11 is 0. The van der Waals surface area contributed by atoms with Gasteiger partial charge >= 0.3 is 12.0 Å². The number of aromatic nitrogens is 2. The molecule has 1 aromatic heterocycles. The molecule has 0 aliphatic rings. The number of carboxylic acid groups (broad SMARTS) is 1. The zero-order chi connectivity index (χ0) is 15.1. The van der Waals surface area contributed by atoms with Gasteiger partial charge in [0.25, 0.3) is 0 Å². The van der Waals surface area contributed by atoms with Crippen molar-refractivity contribution in [3.63, 3.8) is 0 Å². The zero-order valence-electron chi connectivity index (χ0n) is 11.9. The van der Waals surface area contributed by atoms with E-state index in [4.69, 9.17) is 5.11 Å². The summed E-state index contributed by atoms with van der Waals surface area (Å²) < 4.78 is 0. The number of amides is 2. The van der Waals surface area contributed by atoms with Crippen LogP contribution in [-0.2, 0) is 11.2 Å². The van der Waals surface area contributed by atoms with Gasteiger partial charge in [0.2, 0.25) is 0 Å². The molecule has 0 saturated carbocycles. The molecule has 1 rings (SSSR count). The van der Waals surface area contributed by atoms with Gasteiger partial charge < -0.3 is 25.6 Å². The maximum atomic E-state index is 11.7. The molecule has 2 amide bonds. The van der Waals surface area contributed by atoms with E-state index < -0.39 is 18.0 Å². The van der Waals surface area contributed by atoms with Crippen molar-refractivity contribution in [1.29, 1.82) is 0 Å². The Kier molecular flexibility index (Phi) is 5.98. The Morgan fingerprint density at radius 3 is 2.65 bits per heavy atom. The lowest BCUT2D eigenvalue weighted by molar-refractivity contribution is -0.139. The van der Waals surface area contributed by atoms with Gasteiger partial charge in [0.1, 0.15) is 6.04 Å². The summed E-state index contributed by atoms with van der Waals surface area (Å²) in [5.41, 5.74) is 0.652. The third-order valence-electron chi connectivity index (χ3n) is 2.60. The lowest BCUT2D eigenvalue weighted by atomic mass is 10.1. The molecule has 1 unspecified atom stereocenters. The zero-order valence-corrected chi connectivity index (χ0v) is 11.9. The van der Waals surface area contributed by atoms with E-state index in [2.05, 4.69) is 20.6 Å². The molecule has 0 aliphatic heterocycles. The highest BCUT2D eigenvalue weighted by Gasteiger charge is 2.21. The Balaban J connectivity index is 2.49. The van der Waals surface area contributed by atoms with Crippen LogP contribution in [0.15, 0.2) is 12.5 Å². The second-order valence-corrected chi connectivity index (χ2v) is 4.95. The quantitative estimate of drug-likeness (QED) is 0.547. The van der Waals surface area contributed by atoms with Crippen LogP contribution in [0.25, 0.3) is 0 Å². The molecule has 0 aliphatic carbocycles. The second-order valence-electron chi connectivity index (χ2n) is 4.95. The van der Waals surface area contributed by atoms with Crippen LogP contribution in [-0.4, -0.2) is 64.7 Å². The van der Waals surface area contributed by atoms with E-state index in [-0.39, 0.29) is 12.5 Å². The largest absolute Gasteiger partial charge is 0.480 e. The Hall–Kier alpha value is -2.09. The van der Waals surface area contributed by atoms with Crippen LogP contribution in [0.3, 0.4) is 0 Å². The highest BCUT2D eigenvalue weighted by atomic mass is 16.4. The molecule has 0 saturated heterocycles. The number of rotatable bonds is 7. The van der Waals surface area contributed by atoms with E-state index in [1.165, 1.54) is 12.5 Å². The number of aromatic amines is 1. The van der Waals surface area contributed by atoms with Crippen molar-refractivity contribution in [2.24, 2.45) is 0 Å². The molecule has 0 bridgehead atoms. The van der Waals surface area contributed by atoms with E-state index in [0.717, 1.165) is 0 Å². The Morgan fingerprint density at radius 1 is 1.45 bits per heavy atom. The molecule has 8 nitrogen and oxygen atoms in total. The van der Waals surface area contributed by atoms with Gasteiger partial charge in [-0.1, -0.05) is 0 Å². The van der Waals surface area contributed by atoms with Crippen LogP contribution in [0.5, 0.6) is 0 Å². The van der Waals surface area contributed by atoms with Crippen molar-refractivity contribution in [3.05, 3.63) is 18.2 Å². The predicted molar refractivity (Wildman–Crippen MR) is 73.4 cm³/mol. The van der Waals surface area contributed by atoms with Gasteiger partial charge in [0.15, 0.2) is 0 Å². The Labute approximate surface area is 117 Å². The fraction of sp³-hybridized carbons (Fsp3) is 0.583. The normalized spacial score (nSPS) is 13.8. The third kappa shape index (κ3) is 5.70. The van der Waals surface area contributed by atoms with Gasteiger partial charge in [0, 0.05) is 30.9 Å². The number of carbonyl (C=O) groups is 2. The van der Waals surface area contributed by atoms with E-state index in [1.807, 2.05) is 25.9 Å². The summed E-state index contributed by atoms with van der Waals surface area (Å²) in [7, 11) is 3.79. The van der Waals surface area contributed by atoms with Crippen LogP contribution in [0.1, 0.15) is 12.6 Å². The lowest BCUT2D eigenvalue weighted by Gasteiger charge is -2.20. The number of hydrogen-bond acceptors (Lipinski definition) is 4. The average molecular weight is 283 g/mol. The number of likely N-dealkylation sites (N-methyl/N-ethyl adjacent to an activating group) is 1. The summed E-state index contributed by atoms with van der Waals surface area (Å²) in [6, 6.07) is -1.57. The minimum absolute atomic E-state index is 0.0772. The molecule has 0 spiro atoms. The summed E-state index contributed by atoms with van der Waals surface area (Å²) in [5.74, 6) is -1.09. The molecule has 4 N–H and O–H groups in total. The number of carboxylic acids is 1. The van der Waals surface area contributed by atoms with Gasteiger partial charge in [-0.2, -0.15) is 0 Å². The van der Waals surface area contributed by atoms with Crippen molar-refractivity contribution in [2.45, 2.75) is 25.4 Å². The van der Waals surface area contributed by atoms with Gasteiger partial charge in [-0.25, -0.2) is 14.6 Å². The monoisotopic (exact) mass is 283 g/mol. The third-order valence-corrected chi connectivity index (χ3v) is 2.60. The molecule has 0 fully saturated rings. The minimum atomic E-state index is -1.09. The molecule has 8 heteroatoms. The lowest BCUT2D eigenvalue weighted by Crippen LogP contribution is -2.51. The molecule has 2 atom stereocenters. The van der Waals surface area contributed by atoms with Crippen molar-refractivity contribution < 1.29 is 14.7 Å². The second kappa shape index (κ2) is 7.49.